The number of Topliss-reactive ketones (excluding diaryl/α,β-unsaturated/α-hetero) is 1. The molecule has 11 nitrogen and oxygen atoms in total. The number of aryl methyl sites for hydroxylation is 1. The highest BCUT2D eigenvalue weighted by Gasteiger charge is 2.48. The number of hydrogen-bond donors (Lipinski definition) is 0. The van der Waals surface area contributed by atoms with Crippen LogP contribution in [0, 0.1) is 0 Å². The van der Waals surface area contributed by atoms with Crippen LogP contribution in [-0.2, 0) is 28.4 Å². The number of rotatable bonds is 5. The highest BCUT2D eigenvalue weighted by molar-refractivity contribution is 5.91. The van der Waals surface area contributed by atoms with Crippen molar-refractivity contribution < 1.29 is 23.2 Å². The zero-order chi connectivity index (χ0) is 28.5. The number of ether oxygens (including phenoxy) is 2. The summed E-state index contributed by atoms with van der Waals surface area (Å²) in [6.07, 6.45) is 5.11. The molecule has 2 aliphatic heterocycles. The Balaban J connectivity index is 1.39. The summed E-state index contributed by atoms with van der Waals surface area (Å²) >= 11 is 0. The third-order valence-electron chi connectivity index (χ3n) is 9.84. The van der Waals surface area contributed by atoms with Crippen molar-refractivity contribution in [2.45, 2.75) is 94.5 Å². The third-order valence-corrected chi connectivity index (χ3v) is 9.84. The van der Waals surface area contributed by atoms with Gasteiger partial charge < -0.3 is 14.0 Å². The highest BCUT2D eigenvalue weighted by Crippen LogP contribution is 2.47. The molecule has 4 aliphatic rings. The van der Waals surface area contributed by atoms with Crippen molar-refractivity contribution in [3.8, 4) is 17.5 Å². The van der Waals surface area contributed by atoms with Crippen LogP contribution in [-0.4, -0.2) is 80.1 Å². The normalized spacial score (nSPS) is 29.5. The molecule has 3 aromatic rings. The monoisotopic (exact) mass is 568 g/mol. The van der Waals surface area contributed by atoms with Crippen LogP contribution in [0.5, 0.6) is 5.88 Å². The van der Waals surface area contributed by atoms with E-state index in [9.17, 15) is 14.0 Å². The molecule has 2 saturated heterocycles. The van der Waals surface area contributed by atoms with E-state index in [0.29, 0.717) is 68.1 Å². The zero-order valence-electron chi connectivity index (χ0n) is 23.9. The molecule has 0 unspecified atom stereocenters. The summed E-state index contributed by atoms with van der Waals surface area (Å²) < 4.78 is 36.0. The number of nitrogens with zero attached hydrogens (tertiary/aromatic N) is 6. The molecule has 1 saturated carbocycles. The number of hydrogen-bond acceptors (Lipinski definition) is 9. The molecule has 1 spiro atoms. The Hall–Kier alpha value is -3.12. The number of aromatic nitrogens is 5. The van der Waals surface area contributed by atoms with Crippen LogP contribution in [0.15, 0.2) is 9.32 Å². The minimum absolute atomic E-state index is 0.179. The highest BCUT2D eigenvalue weighted by atomic mass is 19.1. The fourth-order valence-electron chi connectivity index (χ4n) is 7.68. The van der Waals surface area contributed by atoms with Crippen molar-refractivity contribution >= 4 is 16.9 Å². The second-order valence-corrected chi connectivity index (χ2v) is 12.3. The molecule has 3 aromatic heterocycles. The largest absolute Gasteiger partial charge is 0.471 e. The Kier molecular flexibility index (Phi) is 6.53. The number of halogens is 1. The molecule has 0 N–H and O–H groups in total. The van der Waals surface area contributed by atoms with Crippen molar-refractivity contribution in [3.05, 3.63) is 21.7 Å². The average molecular weight is 569 g/mol. The predicted octanol–water partition coefficient (Wildman–Crippen LogP) is 3.27. The molecule has 7 rings (SSSR count). The fourth-order valence-corrected chi connectivity index (χ4v) is 7.68. The number of likely N-dealkylation sites (tertiary alicyclic amines) is 1. The van der Waals surface area contributed by atoms with Gasteiger partial charge in [-0.1, -0.05) is 11.6 Å². The lowest BCUT2D eigenvalue weighted by molar-refractivity contribution is -0.127. The Morgan fingerprint density at radius 3 is 2.66 bits per heavy atom. The summed E-state index contributed by atoms with van der Waals surface area (Å²) in [5, 5.41) is 4.47. The van der Waals surface area contributed by atoms with Crippen LogP contribution in [0.2, 0.25) is 0 Å². The molecule has 0 bridgehead atoms. The standard InChI is InChI=1S/C29H37FN6O5/c1-16(21-19(30)9-13-34(21)2)40-27-22-26(36(28(38)35(22)3)17-10-14-39-15-17)31-25(32-27)23-18-7-6-12-29(24(18)33-41-23)11-5-4-8-20(29)37/h16-17,19,21H,4-15H2,1-3H3/t16-,17+,19-,21+,29+/m0/s1. The SMILES string of the molecule is C[C@H](Oc1nc(-c2onc3c2CCC[C@@]32CCCCC2=O)nc2c1n(C)c(=O)n2[C@@H]1CCOC1)[C@@H]1[C@@H](F)CCN1C. The van der Waals surface area contributed by atoms with E-state index in [0.717, 1.165) is 37.7 Å². The second-order valence-electron chi connectivity index (χ2n) is 12.3. The van der Waals surface area contributed by atoms with Crippen molar-refractivity contribution in [2.75, 3.05) is 26.8 Å². The topological polar surface area (TPSA) is 118 Å². The van der Waals surface area contributed by atoms with Gasteiger partial charge in [0.25, 0.3) is 0 Å². The van der Waals surface area contributed by atoms with E-state index in [-0.39, 0.29) is 29.2 Å². The molecule has 2 aliphatic carbocycles. The predicted molar refractivity (Wildman–Crippen MR) is 147 cm³/mol. The molecule has 5 atom stereocenters. The van der Waals surface area contributed by atoms with E-state index in [1.165, 1.54) is 4.57 Å². The summed E-state index contributed by atoms with van der Waals surface area (Å²) in [7, 11) is 3.56. The molecule has 12 heteroatoms. The van der Waals surface area contributed by atoms with Crippen molar-refractivity contribution in [1.29, 1.82) is 0 Å². The van der Waals surface area contributed by atoms with E-state index in [1.807, 2.05) is 18.9 Å². The molecular formula is C29H37FN6O5. The quantitative estimate of drug-likeness (QED) is 0.457. The lowest BCUT2D eigenvalue weighted by Crippen LogP contribution is -2.43. The van der Waals surface area contributed by atoms with Crippen LogP contribution in [0.1, 0.15) is 75.6 Å². The first-order valence-corrected chi connectivity index (χ1v) is 14.9. The third kappa shape index (κ3) is 4.08. The van der Waals surface area contributed by atoms with Crippen LogP contribution in [0.4, 0.5) is 4.39 Å². The van der Waals surface area contributed by atoms with E-state index in [2.05, 4.69) is 5.16 Å². The summed E-state index contributed by atoms with van der Waals surface area (Å²) in [4.78, 5) is 38.4. The van der Waals surface area contributed by atoms with Gasteiger partial charge in [0.15, 0.2) is 11.2 Å². The van der Waals surface area contributed by atoms with Crippen LogP contribution >= 0.6 is 0 Å². The molecule has 0 radical (unpaired) electrons. The van der Waals surface area contributed by atoms with Crippen molar-refractivity contribution in [1.82, 2.24) is 29.2 Å². The summed E-state index contributed by atoms with van der Waals surface area (Å²) in [5.74, 6) is 1.09. The van der Waals surface area contributed by atoms with Gasteiger partial charge in [0, 0.05) is 32.2 Å². The van der Waals surface area contributed by atoms with Crippen LogP contribution in [0.25, 0.3) is 22.7 Å². The first-order valence-electron chi connectivity index (χ1n) is 14.9. The van der Waals surface area contributed by atoms with Gasteiger partial charge in [-0.25, -0.2) is 14.2 Å². The number of imidazole rings is 1. The zero-order valence-corrected chi connectivity index (χ0v) is 23.9. The summed E-state index contributed by atoms with van der Waals surface area (Å²) in [6.45, 7) is 3.44. The van der Waals surface area contributed by atoms with E-state index in [4.69, 9.17) is 24.0 Å². The number of fused-ring (bicyclic) bond motifs is 3. The minimum atomic E-state index is -1.03. The number of carbonyl (C=O) groups excluding carboxylic acids is 1. The fraction of sp³-hybridized carbons (Fsp3) is 0.690. The van der Waals surface area contributed by atoms with Gasteiger partial charge >= 0.3 is 5.69 Å². The number of ketones is 1. The van der Waals surface area contributed by atoms with Gasteiger partial charge in [-0.2, -0.15) is 4.98 Å². The maximum absolute atomic E-state index is 14.9. The van der Waals surface area contributed by atoms with Crippen molar-refractivity contribution in [2.24, 2.45) is 7.05 Å². The number of alkyl halides is 1. The van der Waals surface area contributed by atoms with E-state index < -0.39 is 23.7 Å². The maximum atomic E-state index is 14.9. The summed E-state index contributed by atoms with van der Waals surface area (Å²) in [5.41, 5.74) is 1.59. The Labute approximate surface area is 237 Å². The van der Waals surface area contributed by atoms with Gasteiger partial charge in [0.1, 0.15) is 23.8 Å². The number of carbonyl (C=O) groups is 1. The van der Waals surface area contributed by atoms with Crippen LogP contribution in [0.3, 0.4) is 0 Å². The van der Waals surface area contributed by atoms with Gasteiger partial charge in [0.05, 0.1) is 24.1 Å². The molecule has 3 fully saturated rings. The Morgan fingerprint density at radius 2 is 1.93 bits per heavy atom. The van der Waals surface area contributed by atoms with E-state index >= 15 is 0 Å². The van der Waals surface area contributed by atoms with Gasteiger partial charge in [-0.15, -0.1) is 0 Å². The van der Waals surface area contributed by atoms with Gasteiger partial charge in [0.2, 0.25) is 17.5 Å². The minimum Gasteiger partial charge on any atom is -0.471 e. The Morgan fingerprint density at radius 1 is 1.10 bits per heavy atom. The first kappa shape index (κ1) is 26.8. The lowest BCUT2D eigenvalue weighted by atomic mass is 9.64. The average Bonchev–Trinajstić information content (AvgIpc) is 3.74. The second kappa shape index (κ2) is 10.0. The summed E-state index contributed by atoms with van der Waals surface area (Å²) in [6, 6.07) is -0.622. The molecular weight excluding hydrogens is 531 g/mol. The van der Waals surface area contributed by atoms with Crippen LogP contribution < -0.4 is 10.4 Å². The van der Waals surface area contributed by atoms with E-state index in [1.54, 1.807) is 11.6 Å². The van der Waals surface area contributed by atoms with Gasteiger partial charge in [-0.05, 0) is 58.9 Å². The number of likely N-dealkylation sites (N-methyl/N-ethyl adjacent to an activating group) is 1. The van der Waals surface area contributed by atoms with Gasteiger partial charge in [-0.3, -0.25) is 18.8 Å². The smallest absolute Gasteiger partial charge is 0.330 e. The first-order chi connectivity index (χ1) is 19.8. The molecule has 5 heterocycles. The molecule has 220 valence electrons. The Bertz CT molecular complexity index is 1550. The molecule has 0 aromatic carbocycles. The molecule has 0 amide bonds. The maximum Gasteiger partial charge on any atom is 0.330 e. The lowest BCUT2D eigenvalue weighted by Gasteiger charge is -2.37. The van der Waals surface area contributed by atoms with Crippen molar-refractivity contribution in [3.63, 3.8) is 0 Å². The molecule has 41 heavy (non-hydrogen) atoms.